The highest BCUT2D eigenvalue weighted by molar-refractivity contribution is 6.17. The monoisotopic (exact) mass is 459 g/mol. The summed E-state index contributed by atoms with van der Waals surface area (Å²) in [5.74, 6) is 0.0837. The van der Waals surface area contributed by atoms with Crippen LogP contribution in [0.25, 0.3) is 0 Å². The highest BCUT2D eigenvalue weighted by Crippen LogP contribution is 2.32. The second-order valence-corrected chi connectivity index (χ2v) is 8.21. The molecule has 1 aliphatic carbocycles. The normalized spacial score (nSPS) is 21.4. The number of nitrogens with zero attached hydrogens (tertiary/aromatic N) is 4. The molecular weight excluding hydrogens is 433 g/mol. The zero-order valence-corrected chi connectivity index (χ0v) is 18.8. The maximum atomic E-state index is 14.3. The van der Waals surface area contributed by atoms with Crippen molar-refractivity contribution in [3.05, 3.63) is 76.5 Å². The van der Waals surface area contributed by atoms with Gasteiger partial charge in [0.05, 0.1) is 29.6 Å². The summed E-state index contributed by atoms with van der Waals surface area (Å²) in [5, 5.41) is 9.71. The predicted molar refractivity (Wildman–Crippen MR) is 130 cm³/mol. The molecule has 2 heterocycles. The Bertz CT molecular complexity index is 1270. The fourth-order valence-electron chi connectivity index (χ4n) is 3.92. The van der Waals surface area contributed by atoms with Crippen LogP contribution in [0.4, 0.5) is 10.2 Å². The quantitative estimate of drug-likeness (QED) is 0.587. The Balaban J connectivity index is 1.97. The van der Waals surface area contributed by atoms with Crippen LogP contribution < -0.4 is 21.9 Å². The number of benzene rings is 1. The molecule has 1 aromatic heterocycles. The van der Waals surface area contributed by atoms with Crippen LogP contribution in [0.3, 0.4) is 0 Å². The molecule has 2 aromatic rings. The van der Waals surface area contributed by atoms with Gasteiger partial charge in [0.2, 0.25) is 0 Å². The van der Waals surface area contributed by atoms with Crippen LogP contribution in [-0.2, 0) is 0 Å². The Morgan fingerprint density at radius 3 is 2.74 bits per heavy atom. The summed E-state index contributed by atoms with van der Waals surface area (Å²) in [6.07, 6.45) is 6.73. The number of hydrogen-bond acceptors (Lipinski definition) is 8. The van der Waals surface area contributed by atoms with Crippen molar-refractivity contribution in [2.45, 2.75) is 38.3 Å². The molecule has 174 valence electrons. The SMILES string of the molecule is C[C@H]1Oc2cc(cnc2N)C(=NC2CCC2)C(=CN)CN=C(C(C#N)=CN)c2ccc(F)cc21. The zero-order valence-electron chi connectivity index (χ0n) is 18.8. The molecule has 1 atom stereocenters. The molecule has 6 N–H and O–H groups in total. The van der Waals surface area contributed by atoms with Gasteiger partial charge >= 0.3 is 0 Å². The number of pyridine rings is 1. The number of nitrogens with two attached hydrogens (primary N) is 3. The number of halogens is 1. The fraction of sp³-hybridized carbons (Fsp3) is 0.280. The van der Waals surface area contributed by atoms with E-state index in [4.69, 9.17) is 31.9 Å². The molecule has 0 saturated heterocycles. The van der Waals surface area contributed by atoms with Crippen molar-refractivity contribution in [1.82, 2.24) is 4.98 Å². The summed E-state index contributed by atoms with van der Waals surface area (Å²) in [4.78, 5) is 13.9. The maximum absolute atomic E-state index is 14.3. The highest BCUT2D eigenvalue weighted by atomic mass is 19.1. The Kier molecular flexibility index (Phi) is 6.59. The van der Waals surface area contributed by atoms with Crippen LogP contribution in [-0.4, -0.2) is 29.0 Å². The van der Waals surface area contributed by atoms with E-state index in [0.717, 1.165) is 19.3 Å². The molecule has 0 amide bonds. The number of ether oxygens (including phenoxy) is 1. The molecule has 0 spiro atoms. The van der Waals surface area contributed by atoms with Crippen molar-refractivity contribution in [3.8, 4) is 11.8 Å². The van der Waals surface area contributed by atoms with Gasteiger partial charge in [0.25, 0.3) is 0 Å². The molecule has 0 radical (unpaired) electrons. The van der Waals surface area contributed by atoms with Gasteiger partial charge < -0.3 is 21.9 Å². The Labute approximate surface area is 197 Å². The van der Waals surface area contributed by atoms with Crippen molar-refractivity contribution >= 4 is 17.2 Å². The largest absolute Gasteiger partial charge is 0.482 e. The van der Waals surface area contributed by atoms with Gasteiger partial charge in [-0.25, -0.2) is 9.37 Å². The minimum absolute atomic E-state index is 0.127. The number of anilines is 1. The van der Waals surface area contributed by atoms with Gasteiger partial charge in [0.15, 0.2) is 11.6 Å². The second kappa shape index (κ2) is 9.75. The molecule has 9 heteroatoms. The number of aromatic nitrogens is 1. The van der Waals surface area contributed by atoms with E-state index in [1.165, 1.54) is 24.5 Å². The van der Waals surface area contributed by atoms with Gasteiger partial charge in [0, 0.05) is 40.9 Å². The van der Waals surface area contributed by atoms with Crippen LogP contribution in [0.1, 0.15) is 49.0 Å². The average Bonchev–Trinajstić information content (AvgIpc) is 2.80. The van der Waals surface area contributed by atoms with Crippen LogP contribution in [0.5, 0.6) is 5.75 Å². The summed E-state index contributed by atoms with van der Waals surface area (Å²) in [6.45, 7) is 1.89. The van der Waals surface area contributed by atoms with E-state index in [1.54, 1.807) is 25.3 Å². The standard InChI is InChI=1S/C25H26FN7O/c1-14-21-8-18(26)5-6-20(21)24(16(9-27)10-28)31-13-17(11-29)23(33-19-3-2-4-19)15-7-22(34-14)25(30)32-12-15/h5-9,11-12,14,19H,2-4,13,27,29H2,1H3,(H2,30,32)/t14-/m1/s1. The number of nitrogen functional groups attached to an aromatic ring is 1. The summed E-state index contributed by atoms with van der Waals surface area (Å²) < 4.78 is 20.4. The van der Waals surface area contributed by atoms with E-state index in [1.807, 2.05) is 0 Å². The number of aliphatic imine (C=N–C) groups is 2. The fourth-order valence-corrected chi connectivity index (χ4v) is 3.92. The van der Waals surface area contributed by atoms with Crippen molar-refractivity contribution in [3.63, 3.8) is 0 Å². The van der Waals surface area contributed by atoms with E-state index >= 15 is 0 Å². The lowest BCUT2D eigenvalue weighted by Gasteiger charge is -2.25. The van der Waals surface area contributed by atoms with E-state index < -0.39 is 11.9 Å². The van der Waals surface area contributed by atoms with Gasteiger partial charge in [-0.15, -0.1) is 0 Å². The number of allylic oxidation sites excluding steroid dienone is 1. The molecule has 4 rings (SSSR count). The third-order valence-corrected chi connectivity index (χ3v) is 6.01. The number of hydrogen-bond donors (Lipinski definition) is 3. The maximum Gasteiger partial charge on any atom is 0.166 e. The number of nitriles is 1. The first-order valence-corrected chi connectivity index (χ1v) is 11.0. The lowest BCUT2D eigenvalue weighted by atomic mass is 9.92. The highest BCUT2D eigenvalue weighted by Gasteiger charge is 2.24. The summed E-state index contributed by atoms with van der Waals surface area (Å²) in [6, 6.07) is 8.24. The molecule has 1 aliphatic heterocycles. The van der Waals surface area contributed by atoms with Crippen molar-refractivity contribution < 1.29 is 9.13 Å². The molecule has 1 aromatic carbocycles. The summed E-state index contributed by atoms with van der Waals surface area (Å²) >= 11 is 0. The predicted octanol–water partition coefficient (Wildman–Crippen LogP) is 3.30. The molecule has 2 aliphatic rings. The molecule has 8 nitrogen and oxygen atoms in total. The molecular formula is C25H26FN7O. The minimum Gasteiger partial charge on any atom is -0.482 e. The van der Waals surface area contributed by atoms with Crippen LogP contribution in [0, 0.1) is 17.1 Å². The van der Waals surface area contributed by atoms with Gasteiger partial charge in [-0.1, -0.05) is 0 Å². The lowest BCUT2D eigenvalue weighted by Crippen LogP contribution is -2.22. The Morgan fingerprint density at radius 1 is 1.29 bits per heavy atom. The first kappa shape index (κ1) is 23.0. The van der Waals surface area contributed by atoms with E-state index in [0.29, 0.717) is 39.4 Å². The van der Waals surface area contributed by atoms with Gasteiger partial charge in [0.1, 0.15) is 18.0 Å². The van der Waals surface area contributed by atoms with E-state index in [2.05, 4.69) is 11.1 Å². The summed E-state index contributed by atoms with van der Waals surface area (Å²) in [5.41, 5.74) is 21.3. The first-order chi connectivity index (χ1) is 16.4. The minimum atomic E-state index is -0.635. The van der Waals surface area contributed by atoms with Crippen LogP contribution >= 0.6 is 0 Å². The Morgan fingerprint density at radius 2 is 2.09 bits per heavy atom. The molecule has 1 saturated carbocycles. The average molecular weight is 460 g/mol. The van der Waals surface area contributed by atoms with Gasteiger partial charge in [-0.3, -0.25) is 9.98 Å². The molecule has 0 unspecified atom stereocenters. The topological polar surface area (TPSA) is 149 Å². The van der Waals surface area contributed by atoms with Gasteiger partial charge in [-0.05, 0) is 50.5 Å². The van der Waals surface area contributed by atoms with Gasteiger partial charge in [-0.2, -0.15) is 5.26 Å². The van der Waals surface area contributed by atoms with Crippen molar-refractivity contribution in [1.29, 1.82) is 5.26 Å². The zero-order chi connectivity index (χ0) is 24.2. The van der Waals surface area contributed by atoms with E-state index in [-0.39, 0.29) is 24.0 Å². The molecule has 2 bridgehead atoms. The summed E-state index contributed by atoms with van der Waals surface area (Å²) in [7, 11) is 0. The van der Waals surface area contributed by atoms with Crippen molar-refractivity contribution in [2.24, 2.45) is 21.5 Å². The molecule has 34 heavy (non-hydrogen) atoms. The van der Waals surface area contributed by atoms with Crippen LogP contribution in [0.2, 0.25) is 0 Å². The third-order valence-electron chi connectivity index (χ3n) is 6.01. The smallest absolute Gasteiger partial charge is 0.166 e. The lowest BCUT2D eigenvalue weighted by molar-refractivity contribution is 0.227. The van der Waals surface area contributed by atoms with E-state index in [9.17, 15) is 9.65 Å². The van der Waals surface area contributed by atoms with Crippen molar-refractivity contribution in [2.75, 3.05) is 12.3 Å². The second-order valence-electron chi connectivity index (χ2n) is 8.21. The molecule has 1 fully saturated rings. The first-order valence-electron chi connectivity index (χ1n) is 11.0. The van der Waals surface area contributed by atoms with Crippen LogP contribution in [0.15, 0.2) is 64.0 Å². The third kappa shape index (κ3) is 4.48. The Hall–Kier alpha value is -4.19. The number of fused-ring (bicyclic) bond motifs is 3. The number of rotatable bonds is 2.